The molecule has 6 nitrogen and oxygen atoms in total. The molecule has 1 amide bonds. The first-order valence-electron chi connectivity index (χ1n) is 9.98. The summed E-state index contributed by atoms with van der Waals surface area (Å²) < 4.78 is 19.1. The predicted octanol–water partition coefficient (Wildman–Crippen LogP) is 4.16. The summed E-state index contributed by atoms with van der Waals surface area (Å²) in [5.41, 5.74) is 1.92. The number of hydrogen-bond donors (Lipinski definition) is 1. The third-order valence-corrected chi connectivity index (χ3v) is 5.48. The topological polar surface area (TPSA) is 79.7 Å². The van der Waals surface area contributed by atoms with Crippen molar-refractivity contribution in [2.45, 2.75) is 19.5 Å². The van der Waals surface area contributed by atoms with E-state index in [0.29, 0.717) is 16.9 Å². The number of amides is 1. The van der Waals surface area contributed by atoms with Crippen molar-refractivity contribution in [1.29, 1.82) is 0 Å². The van der Waals surface area contributed by atoms with Gasteiger partial charge in [0.15, 0.2) is 0 Å². The van der Waals surface area contributed by atoms with Crippen molar-refractivity contribution in [2.75, 3.05) is 7.11 Å². The van der Waals surface area contributed by atoms with Crippen molar-refractivity contribution in [3.8, 4) is 5.75 Å². The number of rotatable bonds is 5. The zero-order chi connectivity index (χ0) is 22.8. The van der Waals surface area contributed by atoms with Crippen LogP contribution in [0.4, 0.5) is 4.39 Å². The zero-order valence-electron chi connectivity index (χ0n) is 17.6. The molecule has 1 N–H and O–H groups in total. The number of carbonyl (C=O) groups is 2. The Balaban J connectivity index is 1.89. The van der Waals surface area contributed by atoms with Gasteiger partial charge < -0.3 is 14.7 Å². The van der Waals surface area contributed by atoms with Crippen LogP contribution in [0.1, 0.15) is 28.3 Å². The maximum atomic E-state index is 13.8. The van der Waals surface area contributed by atoms with Crippen molar-refractivity contribution in [3.63, 3.8) is 0 Å². The minimum atomic E-state index is -0.844. The number of aryl methyl sites for hydroxylation is 1. The van der Waals surface area contributed by atoms with E-state index in [1.807, 2.05) is 0 Å². The lowest BCUT2D eigenvalue weighted by molar-refractivity contribution is -0.140. The quantitative estimate of drug-likeness (QED) is 0.372. The summed E-state index contributed by atoms with van der Waals surface area (Å²) in [5, 5.41) is 11.1. The zero-order valence-corrected chi connectivity index (χ0v) is 17.6. The molecule has 1 unspecified atom stereocenters. The van der Waals surface area contributed by atoms with Gasteiger partial charge in [-0.15, -0.1) is 0 Å². The van der Waals surface area contributed by atoms with Gasteiger partial charge in [-0.3, -0.25) is 14.6 Å². The van der Waals surface area contributed by atoms with Gasteiger partial charge >= 0.3 is 0 Å². The van der Waals surface area contributed by atoms with Crippen LogP contribution in [0.5, 0.6) is 5.75 Å². The Morgan fingerprint density at radius 2 is 1.88 bits per heavy atom. The van der Waals surface area contributed by atoms with Gasteiger partial charge in [-0.1, -0.05) is 12.1 Å². The number of likely N-dealkylation sites (tertiary alicyclic amines) is 1. The van der Waals surface area contributed by atoms with E-state index in [-0.39, 0.29) is 23.4 Å². The highest BCUT2D eigenvalue weighted by molar-refractivity contribution is 6.46. The second-order valence-corrected chi connectivity index (χ2v) is 7.52. The van der Waals surface area contributed by atoms with E-state index in [1.54, 1.807) is 55.7 Å². The van der Waals surface area contributed by atoms with Crippen LogP contribution in [0.3, 0.4) is 0 Å². The van der Waals surface area contributed by atoms with Gasteiger partial charge in [-0.25, -0.2) is 4.39 Å². The molecule has 7 heteroatoms. The highest BCUT2D eigenvalue weighted by Crippen LogP contribution is 2.41. The van der Waals surface area contributed by atoms with Gasteiger partial charge in [0.25, 0.3) is 11.7 Å². The molecule has 2 aromatic carbocycles. The summed E-state index contributed by atoms with van der Waals surface area (Å²) in [6, 6.07) is 13.7. The van der Waals surface area contributed by atoms with E-state index >= 15 is 0 Å². The SMILES string of the molecule is COc1cccc(C2/C(=C(/O)c3ccc(F)c(C)c3)C(=O)C(=O)N2Cc2ccncc2)c1. The summed E-state index contributed by atoms with van der Waals surface area (Å²) >= 11 is 0. The molecular formula is C25H21FN2O4. The van der Waals surface area contributed by atoms with E-state index < -0.39 is 23.5 Å². The Morgan fingerprint density at radius 3 is 2.56 bits per heavy atom. The lowest BCUT2D eigenvalue weighted by atomic mass is 9.94. The number of ketones is 1. The van der Waals surface area contributed by atoms with Gasteiger partial charge in [-0.05, 0) is 66.1 Å². The average Bonchev–Trinajstić information content (AvgIpc) is 3.06. The van der Waals surface area contributed by atoms with Crippen molar-refractivity contribution in [2.24, 2.45) is 0 Å². The molecule has 1 aliphatic rings. The molecule has 0 bridgehead atoms. The van der Waals surface area contributed by atoms with Crippen LogP contribution in [0.2, 0.25) is 0 Å². The molecular weight excluding hydrogens is 411 g/mol. The largest absolute Gasteiger partial charge is 0.507 e. The highest BCUT2D eigenvalue weighted by Gasteiger charge is 2.46. The fourth-order valence-corrected chi connectivity index (χ4v) is 3.83. The summed E-state index contributed by atoms with van der Waals surface area (Å²) in [5.74, 6) is -1.75. The fourth-order valence-electron chi connectivity index (χ4n) is 3.83. The van der Waals surface area contributed by atoms with Gasteiger partial charge in [0.2, 0.25) is 0 Å². The number of pyridine rings is 1. The maximum Gasteiger partial charge on any atom is 0.295 e. The first kappa shape index (κ1) is 21.2. The average molecular weight is 432 g/mol. The normalized spacial score (nSPS) is 17.6. The molecule has 1 saturated heterocycles. The van der Waals surface area contributed by atoms with Crippen molar-refractivity contribution < 1.29 is 23.8 Å². The molecule has 4 rings (SSSR count). The second-order valence-electron chi connectivity index (χ2n) is 7.52. The smallest absolute Gasteiger partial charge is 0.295 e. The number of benzene rings is 2. The summed E-state index contributed by atoms with van der Waals surface area (Å²) in [6.07, 6.45) is 3.21. The number of methoxy groups -OCH3 is 1. The van der Waals surface area contributed by atoms with Crippen LogP contribution >= 0.6 is 0 Å². The van der Waals surface area contributed by atoms with E-state index in [1.165, 1.54) is 30.2 Å². The summed E-state index contributed by atoms with van der Waals surface area (Å²) in [4.78, 5) is 31.5. The molecule has 162 valence electrons. The van der Waals surface area contributed by atoms with Gasteiger partial charge in [-0.2, -0.15) is 0 Å². The van der Waals surface area contributed by atoms with Crippen LogP contribution in [-0.4, -0.2) is 33.8 Å². The number of hydrogen-bond acceptors (Lipinski definition) is 5. The minimum absolute atomic E-state index is 0.0525. The van der Waals surface area contributed by atoms with Crippen molar-refractivity contribution >= 4 is 17.4 Å². The standard InChI is InChI=1S/C25H21FN2O4/c1-15-12-18(6-7-20(15)26)23(29)21-22(17-4-3-5-19(13-17)32-2)28(25(31)24(21)30)14-16-8-10-27-11-9-16/h3-13,22,29H,14H2,1-2H3/b23-21-. The molecule has 1 aliphatic heterocycles. The molecule has 0 radical (unpaired) electrons. The van der Waals surface area contributed by atoms with Gasteiger partial charge in [0, 0.05) is 24.5 Å². The number of Topliss-reactive ketones (excluding diaryl/α,β-unsaturated/α-hetero) is 1. The monoisotopic (exact) mass is 432 g/mol. The molecule has 1 aromatic heterocycles. The summed E-state index contributed by atoms with van der Waals surface area (Å²) in [6.45, 7) is 1.71. The second kappa shape index (κ2) is 8.63. The van der Waals surface area contributed by atoms with E-state index in [2.05, 4.69) is 4.98 Å². The van der Waals surface area contributed by atoms with Crippen LogP contribution < -0.4 is 4.74 Å². The van der Waals surface area contributed by atoms with E-state index in [4.69, 9.17) is 4.74 Å². The number of halogens is 1. The number of carbonyl (C=O) groups excluding carboxylic acids is 2. The molecule has 0 saturated carbocycles. The van der Waals surface area contributed by atoms with Gasteiger partial charge in [0.05, 0.1) is 18.7 Å². The first-order chi connectivity index (χ1) is 15.4. The number of aliphatic hydroxyl groups is 1. The predicted molar refractivity (Wildman–Crippen MR) is 116 cm³/mol. The molecule has 0 spiro atoms. The summed E-state index contributed by atoms with van der Waals surface area (Å²) in [7, 11) is 1.52. The Morgan fingerprint density at radius 1 is 1.12 bits per heavy atom. The number of nitrogens with zero attached hydrogens (tertiary/aromatic N) is 2. The van der Waals surface area contributed by atoms with E-state index in [9.17, 15) is 19.1 Å². The lowest BCUT2D eigenvalue weighted by Crippen LogP contribution is -2.29. The van der Waals surface area contributed by atoms with Crippen molar-refractivity contribution in [1.82, 2.24) is 9.88 Å². The molecule has 2 heterocycles. The highest BCUT2D eigenvalue weighted by atomic mass is 19.1. The maximum absolute atomic E-state index is 13.8. The van der Waals surface area contributed by atoms with Crippen LogP contribution in [0.15, 0.2) is 72.6 Å². The molecule has 1 atom stereocenters. The Kier molecular flexibility index (Phi) is 5.73. The van der Waals surface area contributed by atoms with Crippen molar-refractivity contribution in [3.05, 3.63) is 101 Å². The first-order valence-corrected chi connectivity index (χ1v) is 9.98. The molecule has 1 fully saturated rings. The molecule has 32 heavy (non-hydrogen) atoms. The lowest BCUT2D eigenvalue weighted by Gasteiger charge is -2.25. The number of aromatic nitrogens is 1. The Bertz CT molecular complexity index is 1220. The van der Waals surface area contributed by atoms with Crippen LogP contribution in [0.25, 0.3) is 5.76 Å². The number of ether oxygens (including phenoxy) is 1. The third kappa shape index (κ3) is 3.85. The Hall–Kier alpha value is -4.00. The van der Waals surface area contributed by atoms with E-state index in [0.717, 1.165) is 5.56 Å². The third-order valence-electron chi connectivity index (χ3n) is 5.48. The fraction of sp³-hybridized carbons (Fsp3) is 0.160. The van der Waals surface area contributed by atoms with Crippen LogP contribution in [-0.2, 0) is 16.1 Å². The minimum Gasteiger partial charge on any atom is -0.507 e. The molecule has 0 aliphatic carbocycles. The van der Waals surface area contributed by atoms with Crippen LogP contribution in [0, 0.1) is 12.7 Å². The van der Waals surface area contributed by atoms with Gasteiger partial charge in [0.1, 0.15) is 17.3 Å². The Labute approximate surface area is 184 Å². The number of aliphatic hydroxyl groups excluding tert-OH is 1. The molecule has 3 aromatic rings.